The highest BCUT2D eigenvalue weighted by atomic mass is 79.9. The van der Waals surface area contributed by atoms with Crippen molar-refractivity contribution in [3.8, 4) is 0 Å². The van der Waals surface area contributed by atoms with Crippen LogP contribution >= 0.6 is 27.3 Å². The third-order valence-corrected chi connectivity index (χ3v) is 7.01. The quantitative estimate of drug-likeness (QED) is 0.579. The van der Waals surface area contributed by atoms with Crippen LogP contribution in [0.1, 0.15) is 10.4 Å². The van der Waals surface area contributed by atoms with Crippen molar-refractivity contribution in [1.29, 1.82) is 0 Å². The highest BCUT2D eigenvalue weighted by Gasteiger charge is 2.21. The minimum atomic E-state index is -0.124. The molecule has 30 heavy (non-hydrogen) atoms. The van der Waals surface area contributed by atoms with Crippen molar-refractivity contribution in [3.63, 3.8) is 0 Å². The summed E-state index contributed by atoms with van der Waals surface area (Å²) in [4.78, 5) is 30.5. The molecule has 0 aliphatic carbocycles. The summed E-state index contributed by atoms with van der Waals surface area (Å²) in [6.07, 6.45) is 0.277. The lowest BCUT2D eigenvalue weighted by molar-refractivity contribution is -0.134. The molecule has 1 N–H and O–H groups in total. The van der Waals surface area contributed by atoms with E-state index in [1.54, 1.807) is 11.3 Å². The van der Waals surface area contributed by atoms with E-state index < -0.39 is 0 Å². The molecule has 0 spiro atoms. The monoisotopic (exact) mass is 485 g/mol. The molecular weight excluding hydrogens is 462 g/mol. The fourth-order valence-corrected chi connectivity index (χ4v) is 5.31. The van der Waals surface area contributed by atoms with Crippen LogP contribution in [0.15, 0.2) is 58.4 Å². The van der Waals surface area contributed by atoms with Gasteiger partial charge in [0.1, 0.15) is 0 Å². The first-order chi connectivity index (χ1) is 14.6. The maximum atomic E-state index is 12.5. The highest BCUT2D eigenvalue weighted by Crippen LogP contribution is 2.23. The number of nitrogens with zero attached hydrogens (tertiary/aromatic N) is 2. The van der Waals surface area contributed by atoms with Crippen LogP contribution in [0.2, 0.25) is 0 Å². The molecule has 1 fully saturated rings. The van der Waals surface area contributed by atoms with Gasteiger partial charge in [-0.15, -0.1) is 11.3 Å². The van der Waals surface area contributed by atoms with Gasteiger partial charge in [-0.3, -0.25) is 14.5 Å². The van der Waals surface area contributed by atoms with Crippen molar-refractivity contribution in [2.45, 2.75) is 13.0 Å². The van der Waals surface area contributed by atoms with Crippen LogP contribution in [0, 0.1) is 0 Å². The summed E-state index contributed by atoms with van der Waals surface area (Å²) in [5.41, 5.74) is 0.979. The van der Waals surface area contributed by atoms with E-state index in [1.165, 1.54) is 4.88 Å². The van der Waals surface area contributed by atoms with Gasteiger partial charge in [-0.1, -0.05) is 42.5 Å². The Bertz CT molecular complexity index is 1040. The first-order valence-corrected chi connectivity index (χ1v) is 11.7. The molecule has 1 aromatic heterocycles. The predicted octanol–water partition coefficient (Wildman–Crippen LogP) is 3.67. The number of amides is 2. The molecule has 2 heterocycles. The number of fused-ring (bicyclic) bond motifs is 1. The van der Waals surface area contributed by atoms with Gasteiger partial charge in [0.25, 0.3) is 0 Å². The molecule has 5 nitrogen and oxygen atoms in total. The lowest BCUT2D eigenvalue weighted by atomic mass is 10.0. The smallest absolute Gasteiger partial charge is 0.242 e. The summed E-state index contributed by atoms with van der Waals surface area (Å²) in [6.45, 7) is 4.08. The molecular formula is C23H24BrN3O2S. The maximum Gasteiger partial charge on any atom is 0.242 e. The van der Waals surface area contributed by atoms with E-state index in [0.29, 0.717) is 13.1 Å². The summed E-state index contributed by atoms with van der Waals surface area (Å²) in [5.74, 6) is -0.138. The molecule has 1 aliphatic rings. The number of carbonyl (C=O) groups excluding carboxylic acids is 2. The molecule has 0 bridgehead atoms. The molecule has 2 amide bonds. The van der Waals surface area contributed by atoms with E-state index >= 15 is 0 Å². The number of piperazine rings is 1. The topological polar surface area (TPSA) is 52.7 Å². The minimum absolute atomic E-state index is 0.0141. The number of thiophene rings is 1. The molecule has 156 valence electrons. The zero-order valence-corrected chi connectivity index (χ0v) is 19.0. The predicted molar refractivity (Wildman–Crippen MR) is 125 cm³/mol. The Morgan fingerprint density at radius 1 is 0.967 bits per heavy atom. The summed E-state index contributed by atoms with van der Waals surface area (Å²) >= 11 is 5.25. The Balaban J connectivity index is 1.23. The number of rotatable bonds is 6. The van der Waals surface area contributed by atoms with Crippen molar-refractivity contribution in [2.24, 2.45) is 0 Å². The Kier molecular flexibility index (Phi) is 6.82. The fourth-order valence-electron chi connectivity index (χ4n) is 3.78. The van der Waals surface area contributed by atoms with E-state index in [-0.39, 0.29) is 24.8 Å². The number of halogens is 1. The van der Waals surface area contributed by atoms with Gasteiger partial charge in [-0.2, -0.15) is 0 Å². The first-order valence-electron chi connectivity index (χ1n) is 10.1. The fraction of sp³-hybridized carbons (Fsp3) is 0.304. The average molecular weight is 486 g/mol. The van der Waals surface area contributed by atoms with Gasteiger partial charge in [-0.25, -0.2) is 0 Å². The number of carbonyl (C=O) groups is 2. The van der Waals surface area contributed by atoms with E-state index in [2.05, 4.69) is 38.3 Å². The second-order valence-corrected chi connectivity index (χ2v) is 10.0. The largest absolute Gasteiger partial charge is 0.347 e. The zero-order valence-electron chi connectivity index (χ0n) is 16.6. The van der Waals surface area contributed by atoms with Crippen LogP contribution in [0.25, 0.3) is 10.8 Å². The van der Waals surface area contributed by atoms with Crippen LogP contribution in [0.5, 0.6) is 0 Å². The normalized spacial score (nSPS) is 14.8. The number of hydrogen-bond donors (Lipinski definition) is 1. The van der Waals surface area contributed by atoms with Crippen LogP contribution in [-0.4, -0.2) is 54.3 Å². The molecule has 0 radical (unpaired) electrons. The zero-order chi connectivity index (χ0) is 20.9. The van der Waals surface area contributed by atoms with Crippen molar-refractivity contribution in [1.82, 2.24) is 15.1 Å². The molecule has 3 aromatic rings. The summed E-state index contributed by atoms with van der Waals surface area (Å²) in [6, 6.07) is 18.2. The van der Waals surface area contributed by atoms with Gasteiger partial charge in [-0.05, 0) is 44.4 Å². The average Bonchev–Trinajstić information content (AvgIpc) is 3.17. The third-order valence-electron chi connectivity index (χ3n) is 5.40. The van der Waals surface area contributed by atoms with Crippen LogP contribution in [0.3, 0.4) is 0 Å². The molecule has 1 saturated heterocycles. The second kappa shape index (κ2) is 9.73. The van der Waals surface area contributed by atoms with Gasteiger partial charge in [0.05, 0.1) is 16.8 Å². The highest BCUT2D eigenvalue weighted by molar-refractivity contribution is 9.11. The Labute approximate surface area is 188 Å². The van der Waals surface area contributed by atoms with Gasteiger partial charge in [0.15, 0.2) is 0 Å². The molecule has 4 rings (SSSR count). The second-order valence-electron chi connectivity index (χ2n) is 7.45. The Morgan fingerprint density at radius 2 is 1.73 bits per heavy atom. The molecule has 7 heteroatoms. The summed E-state index contributed by atoms with van der Waals surface area (Å²) in [7, 11) is 0. The minimum Gasteiger partial charge on any atom is -0.347 e. The third kappa shape index (κ3) is 5.28. The van der Waals surface area contributed by atoms with E-state index in [4.69, 9.17) is 0 Å². The summed E-state index contributed by atoms with van der Waals surface area (Å²) < 4.78 is 1.14. The van der Waals surface area contributed by atoms with E-state index in [0.717, 1.165) is 39.8 Å². The molecule has 1 aliphatic heterocycles. The van der Waals surface area contributed by atoms with Gasteiger partial charge >= 0.3 is 0 Å². The molecule has 0 saturated carbocycles. The Hall–Kier alpha value is -2.22. The number of hydrogen-bond acceptors (Lipinski definition) is 4. The first kappa shape index (κ1) is 21.0. The number of benzene rings is 2. The van der Waals surface area contributed by atoms with Crippen LogP contribution in [0.4, 0.5) is 0 Å². The van der Waals surface area contributed by atoms with Crippen LogP contribution in [-0.2, 0) is 22.6 Å². The van der Waals surface area contributed by atoms with E-state index in [9.17, 15) is 9.59 Å². The lowest BCUT2D eigenvalue weighted by Crippen LogP contribution is -2.50. The van der Waals surface area contributed by atoms with Crippen LogP contribution < -0.4 is 5.32 Å². The van der Waals surface area contributed by atoms with Crippen molar-refractivity contribution in [3.05, 3.63) is 68.8 Å². The molecule has 0 atom stereocenters. The van der Waals surface area contributed by atoms with Crippen molar-refractivity contribution < 1.29 is 9.59 Å². The SMILES string of the molecule is O=C(Cc1cccc2ccccc12)NCC(=O)N1CCN(Cc2ccc(Br)s2)CC1. The van der Waals surface area contributed by atoms with Gasteiger partial charge in [0.2, 0.25) is 11.8 Å². The number of nitrogens with one attached hydrogen (secondary N) is 1. The van der Waals surface area contributed by atoms with Crippen molar-refractivity contribution >= 4 is 49.9 Å². The van der Waals surface area contributed by atoms with E-state index in [1.807, 2.05) is 47.4 Å². The summed E-state index contributed by atoms with van der Waals surface area (Å²) in [5, 5.41) is 5.00. The van der Waals surface area contributed by atoms with Crippen molar-refractivity contribution in [2.75, 3.05) is 32.7 Å². The lowest BCUT2D eigenvalue weighted by Gasteiger charge is -2.34. The standard InChI is InChI=1S/C23H24BrN3O2S/c24-21-9-8-19(30-21)16-26-10-12-27(13-11-26)23(29)15-25-22(28)14-18-6-3-5-17-4-1-2-7-20(17)18/h1-9H,10-16H2,(H,25,28). The molecule has 0 unspecified atom stereocenters. The Morgan fingerprint density at radius 3 is 2.50 bits per heavy atom. The molecule has 2 aromatic carbocycles. The maximum absolute atomic E-state index is 12.5. The van der Waals surface area contributed by atoms with Gasteiger partial charge in [0, 0.05) is 37.6 Å². The van der Waals surface area contributed by atoms with Gasteiger partial charge < -0.3 is 10.2 Å².